The van der Waals surface area contributed by atoms with Gasteiger partial charge in [-0.3, -0.25) is 19.2 Å². The van der Waals surface area contributed by atoms with Crippen molar-refractivity contribution in [2.24, 2.45) is 0 Å². The van der Waals surface area contributed by atoms with Gasteiger partial charge in [0.2, 0.25) is 5.88 Å². The fourth-order valence-electron chi connectivity index (χ4n) is 4.90. The van der Waals surface area contributed by atoms with Crippen LogP contribution in [0.2, 0.25) is 0 Å². The molecular formula is C24H27N7O4. The average molecular weight is 478 g/mol. The summed E-state index contributed by atoms with van der Waals surface area (Å²) in [6, 6.07) is 9.64. The minimum atomic E-state index is -1.10. The number of hydrazine groups is 1. The van der Waals surface area contributed by atoms with Gasteiger partial charge in [-0.05, 0) is 31.9 Å². The lowest BCUT2D eigenvalue weighted by Gasteiger charge is -2.38. The van der Waals surface area contributed by atoms with E-state index in [1.807, 2.05) is 36.2 Å². The van der Waals surface area contributed by atoms with E-state index in [1.54, 1.807) is 15.6 Å². The van der Waals surface area contributed by atoms with E-state index in [-0.39, 0.29) is 18.0 Å². The molecule has 0 atom stereocenters. The second-order valence-electron chi connectivity index (χ2n) is 9.44. The van der Waals surface area contributed by atoms with E-state index in [4.69, 9.17) is 4.74 Å². The van der Waals surface area contributed by atoms with Crippen molar-refractivity contribution < 1.29 is 14.6 Å². The number of amides is 1. The molecule has 1 amide bonds. The van der Waals surface area contributed by atoms with Gasteiger partial charge < -0.3 is 14.7 Å². The third kappa shape index (κ3) is 3.86. The van der Waals surface area contributed by atoms with Crippen LogP contribution in [-0.2, 0) is 19.6 Å². The summed E-state index contributed by atoms with van der Waals surface area (Å²) >= 11 is 0. The maximum Gasteiger partial charge on any atom is 0.274 e. The fraction of sp³-hybridized carbons (Fsp3) is 0.417. The topological polar surface area (TPSA) is 118 Å². The Hall–Kier alpha value is -3.70. The number of rotatable bonds is 4. The Morgan fingerprint density at radius 2 is 1.97 bits per heavy atom. The molecule has 5 heterocycles. The molecule has 35 heavy (non-hydrogen) atoms. The minimum absolute atomic E-state index is 0.130. The third-order valence-corrected chi connectivity index (χ3v) is 6.99. The molecule has 0 spiro atoms. The summed E-state index contributed by atoms with van der Waals surface area (Å²) < 4.78 is 8.61. The normalized spacial score (nSPS) is 18.3. The van der Waals surface area contributed by atoms with Crippen LogP contribution in [0, 0.1) is 6.92 Å². The van der Waals surface area contributed by atoms with Crippen molar-refractivity contribution in [3.63, 3.8) is 0 Å². The number of benzene rings is 1. The van der Waals surface area contributed by atoms with Crippen molar-refractivity contribution in [3.05, 3.63) is 63.8 Å². The number of likely N-dealkylation sites (tertiary alicyclic amines) is 1. The van der Waals surface area contributed by atoms with Gasteiger partial charge in [-0.2, -0.15) is 5.10 Å². The van der Waals surface area contributed by atoms with Crippen LogP contribution in [0.3, 0.4) is 0 Å². The summed E-state index contributed by atoms with van der Waals surface area (Å²) in [7, 11) is 0. The molecule has 182 valence electrons. The number of carbonyl (C=O) groups is 1. The number of aliphatic hydroxyl groups is 1. The minimum Gasteiger partial charge on any atom is -0.476 e. The number of aromatic nitrogens is 4. The number of fused-ring (bicyclic) bond motifs is 2. The number of ether oxygens (including phenoxy) is 1. The number of aryl methyl sites for hydroxylation is 1. The van der Waals surface area contributed by atoms with E-state index in [9.17, 15) is 14.7 Å². The van der Waals surface area contributed by atoms with Crippen molar-refractivity contribution in [2.75, 3.05) is 24.7 Å². The van der Waals surface area contributed by atoms with Gasteiger partial charge >= 0.3 is 0 Å². The summed E-state index contributed by atoms with van der Waals surface area (Å²) in [4.78, 5) is 32.3. The molecule has 3 aliphatic heterocycles. The first-order valence-corrected chi connectivity index (χ1v) is 11.8. The largest absolute Gasteiger partial charge is 0.476 e. The van der Waals surface area contributed by atoms with Crippen molar-refractivity contribution in [3.8, 4) is 5.88 Å². The van der Waals surface area contributed by atoms with Crippen molar-refractivity contribution in [1.82, 2.24) is 29.7 Å². The zero-order valence-electron chi connectivity index (χ0n) is 19.5. The molecule has 6 rings (SSSR count). The average Bonchev–Trinajstić information content (AvgIpc) is 3.57. The van der Waals surface area contributed by atoms with Crippen molar-refractivity contribution in [2.45, 2.75) is 45.0 Å². The zero-order valence-corrected chi connectivity index (χ0v) is 19.5. The standard InChI is InChI=1S/C24H27N7O4/c1-16-2-4-17(5-3-16)31-21-18(13-26-31)22(32)29(15-25-21)14-24(34)6-8-28(9-7-24)23(33)19-12-20-30(27-19)10-11-35-20/h2-5,12,15,26,34H,6-11,13-14H2,1H3. The molecule has 0 unspecified atom stereocenters. The molecule has 0 bridgehead atoms. The van der Waals surface area contributed by atoms with Crippen molar-refractivity contribution >= 4 is 17.4 Å². The molecule has 2 N–H and O–H groups in total. The Bertz CT molecular complexity index is 1320. The van der Waals surface area contributed by atoms with Crippen LogP contribution in [0.5, 0.6) is 5.88 Å². The Morgan fingerprint density at radius 3 is 2.71 bits per heavy atom. The molecule has 0 saturated carbocycles. The van der Waals surface area contributed by atoms with Crippen molar-refractivity contribution in [1.29, 1.82) is 0 Å². The predicted octanol–water partition coefficient (Wildman–Crippen LogP) is 0.964. The lowest BCUT2D eigenvalue weighted by Crippen LogP contribution is -2.50. The van der Waals surface area contributed by atoms with Gasteiger partial charge in [0.1, 0.15) is 12.9 Å². The fourth-order valence-corrected chi connectivity index (χ4v) is 4.90. The number of hydrogen-bond donors (Lipinski definition) is 2. The number of carbonyl (C=O) groups excluding carboxylic acids is 1. The summed E-state index contributed by atoms with van der Waals surface area (Å²) in [5, 5.41) is 17.4. The van der Waals surface area contributed by atoms with Crippen LogP contribution < -0.4 is 20.7 Å². The van der Waals surface area contributed by atoms with E-state index in [2.05, 4.69) is 15.5 Å². The first-order valence-electron chi connectivity index (χ1n) is 11.8. The lowest BCUT2D eigenvalue weighted by atomic mass is 9.91. The highest BCUT2D eigenvalue weighted by atomic mass is 16.5. The molecule has 1 fully saturated rings. The Morgan fingerprint density at radius 1 is 1.20 bits per heavy atom. The SMILES string of the molecule is Cc1ccc(N2NCc3c2ncn(CC2(O)CCN(C(=O)c4cc5n(n4)CCO5)CC2)c3=O)cc1. The van der Waals surface area contributed by atoms with E-state index < -0.39 is 5.60 Å². The Labute approximate surface area is 201 Å². The highest BCUT2D eigenvalue weighted by Gasteiger charge is 2.36. The number of piperidine rings is 1. The molecule has 1 aromatic carbocycles. The second kappa shape index (κ2) is 8.21. The van der Waals surface area contributed by atoms with Gasteiger partial charge in [-0.1, -0.05) is 17.7 Å². The van der Waals surface area contributed by atoms with E-state index in [0.717, 1.165) is 11.3 Å². The van der Waals surface area contributed by atoms with Crippen LogP contribution in [0.15, 0.2) is 41.5 Å². The molecule has 11 nitrogen and oxygen atoms in total. The van der Waals surface area contributed by atoms with Gasteiger partial charge in [0.25, 0.3) is 11.5 Å². The molecule has 0 aliphatic carbocycles. The first kappa shape index (κ1) is 21.8. The zero-order chi connectivity index (χ0) is 24.2. The molecule has 1 saturated heterocycles. The van der Waals surface area contributed by atoms with Crippen LogP contribution in [0.4, 0.5) is 11.5 Å². The van der Waals surface area contributed by atoms with Gasteiger partial charge in [0, 0.05) is 25.7 Å². The number of nitrogens with one attached hydrogen (secondary N) is 1. The molecule has 2 aromatic heterocycles. The van der Waals surface area contributed by atoms with E-state index in [0.29, 0.717) is 68.6 Å². The molecule has 0 radical (unpaired) electrons. The number of hydrogen-bond acceptors (Lipinski definition) is 8. The van der Waals surface area contributed by atoms with E-state index >= 15 is 0 Å². The highest BCUT2D eigenvalue weighted by molar-refractivity contribution is 5.92. The van der Waals surface area contributed by atoms with Gasteiger partial charge in [-0.15, -0.1) is 0 Å². The lowest BCUT2D eigenvalue weighted by molar-refractivity contribution is -0.0302. The Balaban J connectivity index is 1.14. The van der Waals surface area contributed by atoms with Crippen LogP contribution in [0.1, 0.15) is 34.5 Å². The number of anilines is 2. The Kier molecular flexibility index (Phi) is 5.11. The maximum atomic E-state index is 13.2. The molecule has 3 aromatic rings. The highest BCUT2D eigenvalue weighted by Crippen LogP contribution is 2.29. The molecule has 11 heteroatoms. The van der Waals surface area contributed by atoms with Crippen LogP contribution in [0.25, 0.3) is 0 Å². The quantitative estimate of drug-likeness (QED) is 0.571. The smallest absolute Gasteiger partial charge is 0.274 e. The van der Waals surface area contributed by atoms with Gasteiger partial charge in [-0.25, -0.2) is 15.1 Å². The molecular weight excluding hydrogens is 450 g/mol. The van der Waals surface area contributed by atoms with Crippen LogP contribution in [-0.4, -0.2) is 60.5 Å². The number of nitrogens with zero attached hydrogens (tertiary/aromatic N) is 6. The van der Waals surface area contributed by atoms with Gasteiger partial charge in [0.15, 0.2) is 11.5 Å². The van der Waals surface area contributed by atoms with Crippen LogP contribution >= 0.6 is 0 Å². The first-order chi connectivity index (χ1) is 16.9. The maximum absolute atomic E-state index is 13.2. The summed E-state index contributed by atoms with van der Waals surface area (Å²) in [5.74, 6) is 1.02. The predicted molar refractivity (Wildman–Crippen MR) is 126 cm³/mol. The second-order valence-corrected chi connectivity index (χ2v) is 9.44. The summed E-state index contributed by atoms with van der Waals surface area (Å²) in [6.07, 6.45) is 2.22. The summed E-state index contributed by atoms with van der Waals surface area (Å²) in [5.41, 5.74) is 4.94. The summed E-state index contributed by atoms with van der Waals surface area (Å²) in [6.45, 7) is 4.51. The third-order valence-electron chi connectivity index (χ3n) is 6.99. The molecule has 3 aliphatic rings. The van der Waals surface area contributed by atoms with Gasteiger partial charge in [0.05, 0.1) is 29.9 Å². The van der Waals surface area contributed by atoms with E-state index in [1.165, 1.54) is 10.9 Å². The monoisotopic (exact) mass is 477 g/mol.